The Morgan fingerprint density at radius 1 is 1.22 bits per heavy atom. The van der Waals surface area contributed by atoms with Gasteiger partial charge in [-0.3, -0.25) is 0 Å². The lowest BCUT2D eigenvalue weighted by Crippen LogP contribution is -2.41. The molecule has 2 N–H and O–H groups in total. The van der Waals surface area contributed by atoms with Crippen molar-refractivity contribution in [3.05, 3.63) is 29.8 Å². The molecule has 0 aliphatic heterocycles. The minimum absolute atomic E-state index is 0.451. The molecule has 0 aromatic heterocycles. The lowest BCUT2D eigenvalue weighted by atomic mass is 10.0. The maximum atomic E-state index is 11.8. The molecule has 1 aromatic carbocycles. The van der Waals surface area contributed by atoms with Gasteiger partial charge in [-0.25, -0.2) is 15.6 Å². The zero-order valence-electron chi connectivity index (χ0n) is 11.7. The van der Waals surface area contributed by atoms with Crippen LogP contribution in [0.4, 0.5) is 10.5 Å². The van der Waals surface area contributed by atoms with Crippen molar-refractivity contribution in [3.8, 4) is 0 Å². The molecule has 0 saturated heterocycles. The Balaban J connectivity index is 2.78. The maximum Gasteiger partial charge on any atom is 0.429 e. The third kappa shape index (κ3) is 4.04. The van der Waals surface area contributed by atoms with Crippen molar-refractivity contribution in [3.63, 3.8) is 0 Å². The van der Waals surface area contributed by atoms with Gasteiger partial charge in [0.15, 0.2) is 0 Å². The van der Waals surface area contributed by atoms with Gasteiger partial charge in [0.2, 0.25) is 0 Å². The van der Waals surface area contributed by atoms with Crippen LogP contribution in [0.5, 0.6) is 0 Å². The standard InChI is InChI=1S/C14H22N2O2/c1-10(2)11-6-8-12(9-7-11)16(15)13(17)18-14(3,4)5/h6-10H,15H2,1-5H3. The van der Waals surface area contributed by atoms with Crippen LogP contribution in [0, 0.1) is 0 Å². The van der Waals surface area contributed by atoms with Crippen molar-refractivity contribution < 1.29 is 9.53 Å². The van der Waals surface area contributed by atoms with Crippen molar-refractivity contribution in [2.24, 2.45) is 5.84 Å². The molecule has 0 heterocycles. The highest BCUT2D eigenvalue weighted by molar-refractivity contribution is 5.86. The van der Waals surface area contributed by atoms with E-state index >= 15 is 0 Å². The van der Waals surface area contributed by atoms with E-state index in [0.717, 1.165) is 5.01 Å². The average molecular weight is 250 g/mol. The van der Waals surface area contributed by atoms with Crippen LogP contribution < -0.4 is 10.9 Å². The van der Waals surface area contributed by atoms with Crippen molar-refractivity contribution in [2.45, 2.75) is 46.1 Å². The first-order valence-electron chi connectivity index (χ1n) is 6.08. The molecule has 0 aliphatic rings. The molecule has 0 bridgehead atoms. The van der Waals surface area contributed by atoms with Crippen LogP contribution in [0.15, 0.2) is 24.3 Å². The predicted octanol–water partition coefficient (Wildman–Crippen LogP) is 3.43. The predicted molar refractivity (Wildman–Crippen MR) is 73.4 cm³/mol. The summed E-state index contributed by atoms with van der Waals surface area (Å²) in [5, 5.41) is 1.02. The summed E-state index contributed by atoms with van der Waals surface area (Å²) < 4.78 is 5.19. The van der Waals surface area contributed by atoms with Crippen molar-refractivity contribution in [1.29, 1.82) is 0 Å². The number of hydrazine groups is 1. The van der Waals surface area contributed by atoms with E-state index in [2.05, 4.69) is 13.8 Å². The van der Waals surface area contributed by atoms with Crippen LogP contribution in [-0.2, 0) is 4.74 Å². The molecule has 4 nitrogen and oxygen atoms in total. The summed E-state index contributed by atoms with van der Waals surface area (Å²) >= 11 is 0. The van der Waals surface area contributed by atoms with Crippen LogP contribution >= 0.6 is 0 Å². The largest absolute Gasteiger partial charge is 0.442 e. The molecule has 0 saturated carbocycles. The van der Waals surface area contributed by atoms with E-state index in [-0.39, 0.29) is 0 Å². The fourth-order valence-electron chi connectivity index (χ4n) is 1.44. The fraction of sp³-hybridized carbons (Fsp3) is 0.500. The van der Waals surface area contributed by atoms with E-state index in [1.165, 1.54) is 5.56 Å². The molecule has 4 heteroatoms. The second-order valence-corrected chi connectivity index (χ2v) is 5.60. The minimum atomic E-state index is -0.556. The normalized spacial score (nSPS) is 11.5. The first kappa shape index (κ1) is 14.5. The molecule has 18 heavy (non-hydrogen) atoms. The molecule has 1 aromatic rings. The van der Waals surface area contributed by atoms with Gasteiger partial charge in [-0.05, 0) is 44.4 Å². The van der Waals surface area contributed by atoms with Gasteiger partial charge in [0.05, 0.1) is 5.69 Å². The second-order valence-electron chi connectivity index (χ2n) is 5.60. The van der Waals surface area contributed by atoms with E-state index in [1.807, 2.05) is 24.3 Å². The summed E-state index contributed by atoms with van der Waals surface area (Å²) in [5.74, 6) is 6.18. The first-order chi connectivity index (χ1) is 8.20. The molecule has 0 fully saturated rings. The number of nitrogens with two attached hydrogens (primary N) is 1. The summed E-state index contributed by atoms with van der Waals surface area (Å²) in [6.45, 7) is 9.65. The van der Waals surface area contributed by atoms with Gasteiger partial charge >= 0.3 is 6.09 Å². The Bertz CT molecular complexity index is 405. The van der Waals surface area contributed by atoms with Crippen molar-refractivity contribution in [1.82, 2.24) is 0 Å². The number of anilines is 1. The van der Waals surface area contributed by atoms with Gasteiger partial charge < -0.3 is 4.74 Å². The molecule has 1 rings (SSSR count). The summed E-state index contributed by atoms with van der Waals surface area (Å²) in [7, 11) is 0. The quantitative estimate of drug-likeness (QED) is 0.497. The van der Waals surface area contributed by atoms with E-state index < -0.39 is 11.7 Å². The molecule has 1 amide bonds. The molecule has 100 valence electrons. The lowest BCUT2D eigenvalue weighted by Gasteiger charge is -2.24. The van der Waals surface area contributed by atoms with Crippen LogP contribution in [-0.4, -0.2) is 11.7 Å². The third-order valence-electron chi connectivity index (χ3n) is 2.43. The van der Waals surface area contributed by atoms with Crippen LogP contribution in [0.25, 0.3) is 0 Å². The van der Waals surface area contributed by atoms with E-state index in [0.29, 0.717) is 11.6 Å². The summed E-state index contributed by atoms with van der Waals surface area (Å²) in [6, 6.07) is 7.56. The summed E-state index contributed by atoms with van der Waals surface area (Å²) in [4.78, 5) is 11.8. The van der Waals surface area contributed by atoms with Crippen LogP contribution in [0.3, 0.4) is 0 Å². The molecule has 0 unspecified atom stereocenters. The SMILES string of the molecule is CC(C)c1ccc(N(N)C(=O)OC(C)(C)C)cc1. The molecule has 0 radical (unpaired) electrons. The van der Waals surface area contributed by atoms with Gasteiger partial charge in [-0.1, -0.05) is 26.0 Å². The first-order valence-corrected chi connectivity index (χ1v) is 6.08. The molecular weight excluding hydrogens is 228 g/mol. The smallest absolute Gasteiger partial charge is 0.429 e. The number of rotatable bonds is 2. The third-order valence-corrected chi connectivity index (χ3v) is 2.43. The van der Waals surface area contributed by atoms with Gasteiger partial charge in [0.25, 0.3) is 0 Å². The van der Waals surface area contributed by atoms with Gasteiger partial charge in [-0.2, -0.15) is 0 Å². The number of benzene rings is 1. The average Bonchev–Trinajstić information content (AvgIpc) is 2.26. The Kier molecular flexibility index (Phi) is 4.35. The number of nitrogens with zero attached hydrogens (tertiary/aromatic N) is 1. The topological polar surface area (TPSA) is 55.6 Å². The Morgan fingerprint density at radius 3 is 2.11 bits per heavy atom. The van der Waals surface area contributed by atoms with E-state index in [4.69, 9.17) is 10.6 Å². The van der Waals surface area contributed by atoms with Gasteiger partial charge in [0.1, 0.15) is 5.60 Å². The molecular formula is C14H22N2O2. The number of hydrogen-bond acceptors (Lipinski definition) is 3. The second kappa shape index (κ2) is 5.40. The summed E-state index contributed by atoms with van der Waals surface area (Å²) in [5.41, 5.74) is 1.28. The number of carbonyl (C=O) groups is 1. The van der Waals surface area contributed by atoms with Gasteiger partial charge in [-0.15, -0.1) is 0 Å². The molecule has 0 aliphatic carbocycles. The number of carbonyl (C=O) groups excluding carboxylic acids is 1. The molecule has 0 spiro atoms. The number of amides is 1. The highest BCUT2D eigenvalue weighted by Crippen LogP contribution is 2.20. The zero-order chi connectivity index (χ0) is 13.9. The molecule has 0 atom stereocenters. The highest BCUT2D eigenvalue weighted by atomic mass is 16.6. The van der Waals surface area contributed by atoms with E-state index in [9.17, 15) is 4.79 Å². The Labute approximate surface area is 109 Å². The number of ether oxygens (including phenoxy) is 1. The van der Waals surface area contributed by atoms with Crippen LogP contribution in [0.2, 0.25) is 0 Å². The highest BCUT2D eigenvalue weighted by Gasteiger charge is 2.21. The summed E-state index contributed by atoms with van der Waals surface area (Å²) in [6.07, 6.45) is -0.556. The Morgan fingerprint density at radius 2 is 1.72 bits per heavy atom. The monoisotopic (exact) mass is 250 g/mol. The minimum Gasteiger partial charge on any atom is -0.442 e. The van der Waals surface area contributed by atoms with Crippen LogP contribution in [0.1, 0.15) is 46.1 Å². The number of hydrogen-bond donors (Lipinski definition) is 1. The maximum absolute atomic E-state index is 11.8. The van der Waals surface area contributed by atoms with Crippen molar-refractivity contribution in [2.75, 3.05) is 5.01 Å². The lowest BCUT2D eigenvalue weighted by molar-refractivity contribution is 0.0580. The van der Waals surface area contributed by atoms with Crippen molar-refractivity contribution >= 4 is 11.8 Å². The Hall–Kier alpha value is -1.55. The zero-order valence-corrected chi connectivity index (χ0v) is 11.7. The fourth-order valence-corrected chi connectivity index (χ4v) is 1.44. The van der Waals surface area contributed by atoms with E-state index in [1.54, 1.807) is 20.8 Å². The van der Waals surface area contributed by atoms with Gasteiger partial charge in [0, 0.05) is 0 Å².